The van der Waals surface area contributed by atoms with Crippen molar-refractivity contribution in [2.24, 2.45) is 0 Å². The lowest BCUT2D eigenvalue weighted by Crippen LogP contribution is -2.01. The summed E-state index contributed by atoms with van der Waals surface area (Å²) < 4.78 is 4.86. The van der Waals surface area contributed by atoms with Gasteiger partial charge in [-0.1, -0.05) is 35.0 Å². The van der Waals surface area contributed by atoms with Crippen LogP contribution in [0.15, 0.2) is 34.9 Å². The lowest BCUT2D eigenvalue weighted by atomic mass is 10.1. The molecule has 0 radical (unpaired) electrons. The Bertz CT molecular complexity index is 483. The number of ketones is 1. The van der Waals surface area contributed by atoms with E-state index in [0.717, 1.165) is 5.56 Å². The molecule has 0 fully saturated rings. The molecular weight excluding hydrogens is 190 g/mol. The van der Waals surface area contributed by atoms with Gasteiger partial charge in [-0.15, -0.1) is 0 Å². The zero-order valence-electron chi connectivity index (χ0n) is 8.65. The highest BCUT2D eigenvalue weighted by Gasteiger charge is 2.12. The number of carbonyl (C=O) groups is 1. The number of carbonyl (C=O) groups excluding carboxylic acids is 1. The summed E-state index contributed by atoms with van der Waals surface area (Å²) in [4.78, 5) is 11.8. The van der Waals surface area contributed by atoms with Crippen molar-refractivity contribution < 1.29 is 9.32 Å². The molecule has 0 aliphatic rings. The summed E-state index contributed by atoms with van der Waals surface area (Å²) in [5, 5.41) is 3.69. The van der Waals surface area contributed by atoms with Crippen molar-refractivity contribution >= 4 is 5.78 Å². The largest absolute Gasteiger partial charge is 0.361 e. The normalized spacial score (nSPS) is 10.3. The number of aromatic nitrogens is 1. The molecule has 0 aliphatic carbocycles. The number of nitrogens with zero attached hydrogens (tertiary/aromatic N) is 1. The number of hydrogen-bond acceptors (Lipinski definition) is 3. The fourth-order valence-electron chi connectivity index (χ4n) is 1.33. The predicted molar refractivity (Wildman–Crippen MR) is 55.9 cm³/mol. The molecule has 0 amide bonds. The zero-order chi connectivity index (χ0) is 10.8. The van der Waals surface area contributed by atoms with Crippen LogP contribution in [0, 0.1) is 13.8 Å². The van der Waals surface area contributed by atoms with E-state index in [9.17, 15) is 4.79 Å². The Balaban J connectivity index is 2.32. The van der Waals surface area contributed by atoms with E-state index in [1.54, 1.807) is 25.1 Å². The molecule has 1 aromatic heterocycles. The van der Waals surface area contributed by atoms with Gasteiger partial charge in [0.25, 0.3) is 0 Å². The van der Waals surface area contributed by atoms with Crippen LogP contribution >= 0.6 is 0 Å². The van der Waals surface area contributed by atoms with E-state index in [2.05, 4.69) is 5.16 Å². The third kappa shape index (κ3) is 1.96. The first-order valence-electron chi connectivity index (χ1n) is 4.71. The van der Waals surface area contributed by atoms with Crippen LogP contribution in [-0.4, -0.2) is 10.9 Å². The molecule has 1 heterocycles. The Kier molecular flexibility index (Phi) is 2.37. The number of aryl methyl sites for hydroxylation is 2. The molecule has 15 heavy (non-hydrogen) atoms. The average molecular weight is 201 g/mol. The SMILES string of the molecule is Cc1ccc(C(=O)c2cc(C)on2)cc1. The summed E-state index contributed by atoms with van der Waals surface area (Å²) in [5.74, 6) is 0.539. The maximum atomic E-state index is 11.8. The lowest BCUT2D eigenvalue weighted by Gasteiger charge is -1.96. The van der Waals surface area contributed by atoms with Crippen LogP contribution in [0.3, 0.4) is 0 Å². The molecule has 2 aromatic rings. The maximum Gasteiger partial charge on any atom is 0.214 e. The van der Waals surface area contributed by atoms with Crippen molar-refractivity contribution in [2.45, 2.75) is 13.8 Å². The third-order valence-corrected chi connectivity index (χ3v) is 2.17. The van der Waals surface area contributed by atoms with Crippen molar-refractivity contribution in [1.82, 2.24) is 5.16 Å². The van der Waals surface area contributed by atoms with Crippen molar-refractivity contribution in [3.63, 3.8) is 0 Å². The van der Waals surface area contributed by atoms with Crippen LogP contribution in [0.2, 0.25) is 0 Å². The van der Waals surface area contributed by atoms with Gasteiger partial charge in [-0.05, 0) is 13.8 Å². The Morgan fingerprint density at radius 1 is 1.20 bits per heavy atom. The van der Waals surface area contributed by atoms with Gasteiger partial charge in [0.05, 0.1) is 0 Å². The molecule has 3 nitrogen and oxygen atoms in total. The van der Waals surface area contributed by atoms with Crippen LogP contribution in [0.4, 0.5) is 0 Å². The van der Waals surface area contributed by atoms with Crippen molar-refractivity contribution in [1.29, 1.82) is 0 Å². The molecule has 1 aromatic carbocycles. The summed E-state index contributed by atoms with van der Waals surface area (Å²) >= 11 is 0. The molecule has 0 aliphatic heterocycles. The smallest absolute Gasteiger partial charge is 0.214 e. The molecule has 2 rings (SSSR count). The van der Waals surface area contributed by atoms with Crippen LogP contribution in [0.5, 0.6) is 0 Å². The van der Waals surface area contributed by atoms with Crippen molar-refractivity contribution in [2.75, 3.05) is 0 Å². The molecular formula is C12H11NO2. The molecule has 0 unspecified atom stereocenters. The minimum absolute atomic E-state index is 0.105. The van der Waals surface area contributed by atoms with Crippen molar-refractivity contribution in [3.05, 3.63) is 52.9 Å². The second-order valence-corrected chi connectivity index (χ2v) is 3.52. The first-order chi connectivity index (χ1) is 7.16. The Morgan fingerprint density at radius 3 is 2.40 bits per heavy atom. The highest BCUT2D eigenvalue weighted by molar-refractivity contribution is 6.07. The summed E-state index contributed by atoms with van der Waals surface area (Å²) in [5.41, 5.74) is 2.12. The van der Waals surface area contributed by atoms with Gasteiger partial charge < -0.3 is 4.52 Å². The molecule has 0 bridgehead atoms. The van der Waals surface area contributed by atoms with Crippen LogP contribution < -0.4 is 0 Å². The van der Waals surface area contributed by atoms with Gasteiger partial charge in [0.1, 0.15) is 5.76 Å². The minimum atomic E-state index is -0.105. The van der Waals surface area contributed by atoms with E-state index < -0.39 is 0 Å². The first kappa shape index (κ1) is 9.65. The van der Waals surface area contributed by atoms with E-state index in [-0.39, 0.29) is 5.78 Å². The molecule has 0 saturated heterocycles. The lowest BCUT2D eigenvalue weighted by molar-refractivity contribution is 0.103. The third-order valence-electron chi connectivity index (χ3n) is 2.17. The van der Waals surface area contributed by atoms with Crippen LogP contribution in [0.1, 0.15) is 27.4 Å². The van der Waals surface area contributed by atoms with Gasteiger partial charge in [-0.25, -0.2) is 0 Å². The van der Waals surface area contributed by atoms with Gasteiger partial charge in [0, 0.05) is 11.6 Å². The zero-order valence-corrected chi connectivity index (χ0v) is 8.65. The van der Waals surface area contributed by atoms with Gasteiger partial charge in [-0.3, -0.25) is 4.79 Å². The summed E-state index contributed by atoms with van der Waals surface area (Å²) in [6.45, 7) is 3.74. The summed E-state index contributed by atoms with van der Waals surface area (Å²) in [6, 6.07) is 9.03. The Labute approximate surface area is 87.7 Å². The van der Waals surface area contributed by atoms with Gasteiger partial charge >= 0.3 is 0 Å². The van der Waals surface area contributed by atoms with E-state index in [1.807, 2.05) is 19.1 Å². The highest BCUT2D eigenvalue weighted by Crippen LogP contribution is 2.10. The van der Waals surface area contributed by atoms with E-state index in [0.29, 0.717) is 17.0 Å². The topological polar surface area (TPSA) is 43.1 Å². The second-order valence-electron chi connectivity index (χ2n) is 3.52. The van der Waals surface area contributed by atoms with E-state index >= 15 is 0 Å². The maximum absolute atomic E-state index is 11.8. The number of rotatable bonds is 2. The minimum Gasteiger partial charge on any atom is -0.361 e. The summed E-state index contributed by atoms with van der Waals surface area (Å²) in [7, 11) is 0. The molecule has 0 spiro atoms. The van der Waals surface area contributed by atoms with Crippen molar-refractivity contribution in [3.8, 4) is 0 Å². The quantitative estimate of drug-likeness (QED) is 0.701. The molecule has 76 valence electrons. The highest BCUT2D eigenvalue weighted by atomic mass is 16.5. The number of benzene rings is 1. The fraction of sp³-hybridized carbons (Fsp3) is 0.167. The monoisotopic (exact) mass is 201 g/mol. The predicted octanol–water partition coefficient (Wildman–Crippen LogP) is 2.52. The van der Waals surface area contributed by atoms with Gasteiger partial charge in [0.2, 0.25) is 5.78 Å². The van der Waals surface area contributed by atoms with Gasteiger partial charge in [-0.2, -0.15) is 0 Å². The standard InChI is InChI=1S/C12H11NO2/c1-8-3-5-10(6-4-8)12(14)11-7-9(2)15-13-11/h3-7H,1-2H3. The van der Waals surface area contributed by atoms with Gasteiger partial charge in [0.15, 0.2) is 5.69 Å². The average Bonchev–Trinajstić information content (AvgIpc) is 2.65. The summed E-state index contributed by atoms with van der Waals surface area (Å²) in [6.07, 6.45) is 0. The number of hydrogen-bond donors (Lipinski definition) is 0. The fourth-order valence-corrected chi connectivity index (χ4v) is 1.33. The second kappa shape index (κ2) is 3.69. The molecule has 0 atom stereocenters. The van der Waals surface area contributed by atoms with E-state index in [1.165, 1.54) is 0 Å². The molecule has 0 N–H and O–H groups in total. The first-order valence-corrected chi connectivity index (χ1v) is 4.71. The van der Waals surface area contributed by atoms with Crippen LogP contribution in [-0.2, 0) is 0 Å². The van der Waals surface area contributed by atoms with Crippen LogP contribution in [0.25, 0.3) is 0 Å². The molecule has 0 saturated carbocycles. The molecule has 3 heteroatoms. The van der Waals surface area contributed by atoms with E-state index in [4.69, 9.17) is 4.52 Å². The Morgan fingerprint density at radius 2 is 1.87 bits per heavy atom. The Hall–Kier alpha value is -1.90.